The molecule has 0 radical (unpaired) electrons. The van der Waals surface area contributed by atoms with Gasteiger partial charge in [0.2, 0.25) is 0 Å². The summed E-state index contributed by atoms with van der Waals surface area (Å²) in [5.74, 6) is -0.486. The number of benzene rings is 2. The molecule has 0 atom stereocenters. The van der Waals surface area contributed by atoms with Crippen LogP contribution in [0.5, 0.6) is 0 Å². The zero-order valence-corrected chi connectivity index (χ0v) is 10.0. The summed E-state index contributed by atoms with van der Waals surface area (Å²) >= 11 is 5.68. The van der Waals surface area contributed by atoms with E-state index in [2.05, 4.69) is 5.32 Å². The first kappa shape index (κ1) is 12.2. The van der Waals surface area contributed by atoms with Gasteiger partial charge in [0.15, 0.2) is 0 Å². The second-order valence-corrected chi connectivity index (χ2v) is 4.08. The molecule has 2 aromatic carbocycles. The molecule has 0 amide bonds. The van der Waals surface area contributed by atoms with E-state index in [1.165, 1.54) is 12.1 Å². The summed E-state index contributed by atoms with van der Waals surface area (Å²) in [4.78, 5) is 0. The number of nitrogens with one attached hydrogen (secondary N) is 1. The highest BCUT2D eigenvalue weighted by atomic mass is 35.5. The van der Waals surface area contributed by atoms with E-state index in [0.717, 1.165) is 0 Å². The van der Waals surface area contributed by atoms with Crippen LogP contribution < -0.4 is 11.1 Å². The zero-order chi connectivity index (χ0) is 13.1. The molecule has 2 rings (SSSR count). The van der Waals surface area contributed by atoms with Gasteiger partial charge in [-0.05, 0) is 36.4 Å². The van der Waals surface area contributed by atoms with Crippen molar-refractivity contribution in [2.45, 2.75) is 0 Å². The fraction of sp³-hybridized carbons (Fsp3) is 0. The Morgan fingerprint density at radius 3 is 2.67 bits per heavy atom. The smallest absolute Gasteiger partial charge is 0.141 e. The number of hydrogen-bond acceptors (Lipinski definition) is 3. The molecule has 90 valence electrons. The molecule has 0 aliphatic rings. The highest BCUT2D eigenvalue weighted by Gasteiger charge is 2.05. The molecule has 2 aromatic rings. The van der Waals surface area contributed by atoms with Crippen LogP contribution in [0.1, 0.15) is 5.56 Å². The first-order valence-corrected chi connectivity index (χ1v) is 5.49. The standard InChI is InChI=1S/C13H9ClFN3/c14-11-6-10(2-3-12(11)15)18-13-4-1-9(17)5-8(13)7-16/h1-6,18H,17H2. The molecular weight excluding hydrogens is 253 g/mol. The summed E-state index contributed by atoms with van der Waals surface area (Å²) in [6, 6.07) is 11.2. The topological polar surface area (TPSA) is 61.8 Å². The Kier molecular flexibility index (Phi) is 3.35. The van der Waals surface area contributed by atoms with Crippen LogP contribution in [0, 0.1) is 17.1 Å². The maximum atomic E-state index is 13.0. The van der Waals surface area contributed by atoms with Crippen LogP contribution in [-0.2, 0) is 0 Å². The van der Waals surface area contributed by atoms with Crippen molar-refractivity contribution in [3.63, 3.8) is 0 Å². The number of hydrogen-bond donors (Lipinski definition) is 2. The molecule has 0 bridgehead atoms. The number of rotatable bonds is 2. The van der Waals surface area contributed by atoms with Gasteiger partial charge in [-0.25, -0.2) is 4.39 Å². The van der Waals surface area contributed by atoms with E-state index in [0.29, 0.717) is 22.6 Å². The Labute approximate surface area is 109 Å². The van der Waals surface area contributed by atoms with Gasteiger partial charge in [0.25, 0.3) is 0 Å². The lowest BCUT2D eigenvalue weighted by Gasteiger charge is -2.09. The van der Waals surface area contributed by atoms with E-state index in [4.69, 9.17) is 22.6 Å². The summed E-state index contributed by atoms with van der Waals surface area (Å²) in [6.45, 7) is 0. The molecule has 3 nitrogen and oxygen atoms in total. The molecule has 0 spiro atoms. The van der Waals surface area contributed by atoms with Crippen molar-refractivity contribution in [1.82, 2.24) is 0 Å². The molecule has 3 N–H and O–H groups in total. The average molecular weight is 262 g/mol. The minimum atomic E-state index is -0.486. The molecular formula is C13H9ClFN3. The highest BCUT2D eigenvalue weighted by Crippen LogP contribution is 2.25. The van der Waals surface area contributed by atoms with Gasteiger partial charge in [-0.1, -0.05) is 11.6 Å². The highest BCUT2D eigenvalue weighted by molar-refractivity contribution is 6.31. The van der Waals surface area contributed by atoms with Crippen LogP contribution in [0.3, 0.4) is 0 Å². The largest absolute Gasteiger partial charge is 0.399 e. The van der Waals surface area contributed by atoms with Gasteiger partial charge >= 0.3 is 0 Å². The Balaban J connectivity index is 2.34. The minimum absolute atomic E-state index is 0.0222. The first-order chi connectivity index (χ1) is 8.60. The number of nitrogen functional groups attached to an aromatic ring is 1. The van der Waals surface area contributed by atoms with Crippen molar-refractivity contribution in [3.8, 4) is 6.07 Å². The normalized spacial score (nSPS) is 9.83. The third-order valence-electron chi connectivity index (χ3n) is 2.36. The van der Waals surface area contributed by atoms with E-state index >= 15 is 0 Å². The number of nitrogens with zero attached hydrogens (tertiary/aromatic N) is 1. The monoisotopic (exact) mass is 261 g/mol. The maximum Gasteiger partial charge on any atom is 0.141 e. The van der Waals surface area contributed by atoms with Gasteiger partial charge in [0, 0.05) is 11.4 Å². The maximum absolute atomic E-state index is 13.0. The van der Waals surface area contributed by atoms with Crippen LogP contribution in [0.2, 0.25) is 5.02 Å². The molecule has 5 heteroatoms. The molecule has 0 aliphatic carbocycles. The van der Waals surface area contributed by atoms with Crippen molar-refractivity contribution in [2.75, 3.05) is 11.1 Å². The molecule has 0 aliphatic heterocycles. The fourth-order valence-electron chi connectivity index (χ4n) is 1.49. The summed E-state index contributed by atoms with van der Waals surface area (Å²) in [7, 11) is 0. The van der Waals surface area contributed by atoms with Crippen LogP contribution in [-0.4, -0.2) is 0 Å². The van der Waals surface area contributed by atoms with Crippen LogP contribution in [0.25, 0.3) is 0 Å². The molecule has 18 heavy (non-hydrogen) atoms. The average Bonchev–Trinajstić information content (AvgIpc) is 2.36. The zero-order valence-electron chi connectivity index (χ0n) is 9.24. The quantitative estimate of drug-likeness (QED) is 0.811. The lowest BCUT2D eigenvalue weighted by molar-refractivity contribution is 0.628. The van der Waals surface area contributed by atoms with E-state index < -0.39 is 5.82 Å². The number of nitrogens with two attached hydrogens (primary N) is 1. The summed E-state index contributed by atoms with van der Waals surface area (Å²) in [5, 5.41) is 12.0. The van der Waals surface area contributed by atoms with Crippen molar-refractivity contribution >= 4 is 28.7 Å². The molecule has 0 saturated heterocycles. The van der Waals surface area contributed by atoms with Gasteiger partial charge in [0.1, 0.15) is 11.9 Å². The van der Waals surface area contributed by atoms with E-state index in [1.54, 1.807) is 24.3 Å². The Hall–Kier alpha value is -2.25. The summed E-state index contributed by atoms with van der Waals surface area (Å²) in [6.07, 6.45) is 0. The van der Waals surface area contributed by atoms with Crippen LogP contribution in [0.15, 0.2) is 36.4 Å². The van der Waals surface area contributed by atoms with E-state index in [-0.39, 0.29) is 5.02 Å². The van der Waals surface area contributed by atoms with Crippen LogP contribution in [0.4, 0.5) is 21.5 Å². The first-order valence-electron chi connectivity index (χ1n) is 5.12. The predicted molar refractivity (Wildman–Crippen MR) is 70.3 cm³/mol. The lowest BCUT2D eigenvalue weighted by Crippen LogP contribution is -1.95. The van der Waals surface area contributed by atoms with Crippen molar-refractivity contribution in [2.24, 2.45) is 0 Å². The van der Waals surface area contributed by atoms with Crippen molar-refractivity contribution < 1.29 is 4.39 Å². The third-order valence-corrected chi connectivity index (χ3v) is 2.65. The van der Waals surface area contributed by atoms with Gasteiger partial charge in [0.05, 0.1) is 16.3 Å². The molecule has 0 heterocycles. The van der Waals surface area contributed by atoms with E-state index in [9.17, 15) is 4.39 Å². The third kappa shape index (κ3) is 2.53. The van der Waals surface area contributed by atoms with Gasteiger partial charge in [-0.3, -0.25) is 0 Å². The molecule has 0 unspecified atom stereocenters. The number of halogens is 2. The molecule has 0 aromatic heterocycles. The van der Waals surface area contributed by atoms with Crippen LogP contribution >= 0.6 is 11.6 Å². The molecule has 0 saturated carbocycles. The Morgan fingerprint density at radius 2 is 2.00 bits per heavy atom. The van der Waals surface area contributed by atoms with Crippen molar-refractivity contribution in [3.05, 3.63) is 52.8 Å². The number of nitriles is 1. The second kappa shape index (κ2) is 4.94. The minimum Gasteiger partial charge on any atom is -0.399 e. The lowest BCUT2D eigenvalue weighted by atomic mass is 10.1. The van der Waals surface area contributed by atoms with Gasteiger partial charge < -0.3 is 11.1 Å². The Bertz CT molecular complexity index is 635. The SMILES string of the molecule is N#Cc1cc(N)ccc1Nc1ccc(F)c(Cl)c1. The van der Waals surface area contributed by atoms with Gasteiger partial charge in [-0.2, -0.15) is 5.26 Å². The summed E-state index contributed by atoms with van der Waals surface area (Å²) in [5.41, 5.74) is 7.70. The summed E-state index contributed by atoms with van der Waals surface area (Å²) < 4.78 is 13.0. The molecule has 0 fully saturated rings. The fourth-order valence-corrected chi connectivity index (χ4v) is 1.67. The predicted octanol–water partition coefficient (Wildman–Crippen LogP) is 3.68. The van der Waals surface area contributed by atoms with Gasteiger partial charge in [-0.15, -0.1) is 0 Å². The number of anilines is 3. The second-order valence-electron chi connectivity index (χ2n) is 3.67. The Morgan fingerprint density at radius 1 is 1.22 bits per heavy atom. The van der Waals surface area contributed by atoms with Crippen molar-refractivity contribution in [1.29, 1.82) is 5.26 Å². The van der Waals surface area contributed by atoms with E-state index in [1.807, 2.05) is 6.07 Å².